The highest BCUT2D eigenvalue weighted by molar-refractivity contribution is 9.10. The van der Waals surface area contributed by atoms with Crippen LogP contribution in [0.4, 0.5) is 0 Å². The molecule has 1 saturated heterocycles. The van der Waals surface area contributed by atoms with Crippen molar-refractivity contribution >= 4 is 15.9 Å². The SMILES string of the molecule is CCc1cc(Br)cc(C2CCNC2)c1OC. The van der Waals surface area contributed by atoms with Gasteiger partial charge in [0.05, 0.1) is 7.11 Å². The summed E-state index contributed by atoms with van der Waals surface area (Å²) < 4.78 is 6.75. The molecule has 0 spiro atoms. The molecule has 1 atom stereocenters. The summed E-state index contributed by atoms with van der Waals surface area (Å²) in [7, 11) is 1.77. The van der Waals surface area contributed by atoms with Crippen LogP contribution in [-0.2, 0) is 6.42 Å². The molecule has 3 heteroatoms. The van der Waals surface area contributed by atoms with Gasteiger partial charge in [0.2, 0.25) is 0 Å². The molecule has 1 aromatic rings. The maximum absolute atomic E-state index is 5.59. The van der Waals surface area contributed by atoms with Crippen molar-refractivity contribution in [1.29, 1.82) is 0 Å². The molecular formula is C13H18BrNO. The summed E-state index contributed by atoms with van der Waals surface area (Å²) in [4.78, 5) is 0. The lowest BCUT2D eigenvalue weighted by molar-refractivity contribution is 0.401. The van der Waals surface area contributed by atoms with E-state index in [9.17, 15) is 0 Å². The number of hydrogen-bond donors (Lipinski definition) is 1. The molecule has 1 aliphatic rings. The molecule has 1 fully saturated rings. The van der Waals surface area contributed by atoms with Crippen LogP contribution in [0.15, 0.2) is 16.6 Å². The lowest BCUT2D eigenvalue weighted by atomic mass is 9.94. The maximum Gasteiger partial charge on any atom is 0.125 e. The normalized spacial score (nSPS) is 20.1. The van der Waals surface area contributed by atoms with Gasteiger partial charge in [-0.2, -0.15) is 0 Å². The highest BCUT2D eigenvalue weighted by Gasteiger charge is 2.22. The van der Waals surface area contributed by atoms with Crippen molar-refractivity contribution < 1.29 is 4.74 Å². The fraction of sp³-hybridized carbons (Fsp3) is 0.538. The van der Waals surface area contributed by atoms with E-state index in [0.717, 1.165) is 29.7 Å². The number of ether oxygens (including phenoxy) is 1. The minimum Gasteiger partial charge on any atom is -0.496 e. The molecule has 0 aliphatic carbocycles. The molecular weight excluding hydrogens is 266 g/mol. The molecule has 1 aromatic carbocycles. The molecule has 0 radical (unpaired) electrons. The zero-order chi connectivity index (χ0) is 11.5. The number of aryl methyl sites for hydroxylation is 1. The molecule has 1 heterocycles. The zero-order valence-corrected chi connectivity index (χ0v) is 11.4. The predicted molar refractivity (Wildman–Crippen MR) is 70.3 cm³/mol. The third-order valence-electron chi connectivity index (χ3n) is 3.24. The number of nitrogens with one attached hydrogen (secondary N) is 1. The molecule has 0 amide bonds. The summed E-state index contributed by atoms with van der Waals surface area (Å²) in [5.74, 6) is 1.68. The highest BCUT2D eigenvalue weighted by atomic mass is 79.9. The first-order valence-electron chi connectivity index (χ1n) is 5.83. The van der Waals surface area contributed by atoms with Crippen LogP contribution in [0.3, 0.4) is 0 Å². The fourth-order valence-corrected chi connectivity index (χ4v) is 2.93. The van der Waals surface area contributed by atoms with Gasteiger partial charge in [0, 0.05) is 16.9 Å². The molecule has 0 aromatic heterocycles. The van der Waals surface area contributed by atoms with E-state index in [1.807, 2.05) is 0 Å². The van der Waals surface area contributed by atoms with E-state index in [0.29, 0.717) is 5.92 Å². The number of rotatable bonds is 3. The van der Waals surface area contributed by atoms with Crippen LogP contribution in [0, 0.1) is 0 Å². The van der Waals surface area contributed by atoms with Gasteiger partial charge in [-0.05, 0) is 42.6 Å². The molecule has 0 saturated carbocycles. The van der Waals surface area contributed by atoms with Crippen molar-refractivity contribution in [3.8, 4) is 5.75 Å². The van der Waals surface area contributed by atoms with E-state index < -0.39 is 0 Å². The molecule has 1 aliphatic heterocycles. The minimum absolute atomic E-state index is 0.595. The van der Waals surface area contributed by atoms with Crippen molar-refractivity contribution in [2.24, 2.45) is 0 Å². The summed E-state index contributed by atoms with van der Waals surface area (Å²) in [5.41, 5.74) is 2.64. The Morgan fingerprint density at radius 2 is 2.31 bits per heavy atom. The Kier molecular flexibility index (Phi) is 3.87. The number of hydrogen-bond acceptors (Lipinski definition) is 2. The van der Waals surface area contributed by atoms with E-state index in [2.05, 4.69) is 40.3 Å². The van der Waals surface area contributed by atoms with Gasteiger partial charge in [0.1, 0.15) is 5.75 Å². The van der Waals surface area contributed by atoms with E-state index in [1.165, 1.54) is 17.5 Å². The second-order valence-electron chi connectivity index (χ2n) is 4.23. The van der Waals surface area contributed by atoms with Gasteiger partial charge in [-0.3, -0.25) is 0 Å². The highest BCUT2D eigenvalue weighted by Crippen LogP contribution is 2.36. The standard InChI is InChI=1S/C13H18BrNO/c1-3-9-6-11(14)7-12(13(9)16-2)10-4-5-15-8-10/h6-7,10,15H,3-5,8H2,1-2H3. The van der Waals surface area contributed by atoms with Crippen LogP contribution >= 0.6 is 15.9 Å². The molecule has 0 bridgehead atoms. The summed E-state index contributed by atoms with van der Waals surface area (Å²) in [6, 6.07) is 4.36. The van der Waals surface area contributed by atoms with Gasteiger partial charge in [0.15, 0.2) is 0 Å². The lowest BCUT2D eigenvalue weighted by Crippen LogP contribution is -2.09. The second kappa shape index (κ2) is 5.19. The summed E-state index contributed by atoms with van der Waals surface area (Å²) in [5, 5.41) is 3.41. The average Bonchev–Trinajstić information content (AvgIpc) is 2.81. The Labute approximate surface area is 106 Å². The monoisotopic (exact) mass is 283 g/mol. The first kappa shape index (κ1) is 11.9. The number of benzene rings is 1. The zero-order valence-electron chi connectivity index (χ0n) is 9.85. The lowest BCUT2D eigenvalue weighted by Gasteiger charge is -2.17. The minimum atomic E-state index is 0.595. The van der Waals surface area contributed by atoms with Crippen molar-refractivity contribution in [3.05, 3.63) is 27.7 Å². The molecule has 2 nitrogen and oxygen atoms in total. The van der Waals surface area contributed by atoms with Crippen LogP contribution in [0.25, 0.3) is 0 Å². The summed E-state index contributed by atoms with van der Waals surface area (Å²) >= 11 is 3.59. The van der Waals surface area contributed by atoms with Crippen LogP contribution < -0.4 is 10.1 Å². The molecule has 88 valence electrons. The Balaban J connectivity index is 2.44. The van der Waals surface area contributed by atoms with Crippen molar-refractivity contribution in [2.75, 3.05) is 20.2 Å². The summed E-state index contributed by atoms with van der Waals surface area (Å²) in [6.45, 7) is 4.35. The van der Waals surface area contributed by atoms with Crippen LogP contribution in [0.2, 0.25) is 0 Å². The smallest absolute Gasteiger partial charge is 0.125 e. The van der Waals surface area contributed by atoms with Crippen molar-refractivity contribution in [2.45, 2.75) is 25.7 Å². The molecule has 2 rings (SSSR count). The summed E-state index contributed by atoms with van der Waals surface area (Å²) in [6.07, 6.45) is 2.21. The first-order valence-corrected chi connectivity index (χ1v) is 6.62. The Bertz CT molecular complexity index is 372. The quantitative estimate of drug-likeness (QED) is 0.921. The predicted octanol–water partition coefficient (Wildman–Crippen LogP) is 3.10. The van der Waals surface area contributed by atoms with Gasteiger partial charge >= 0.3 is 0 Å². The Hall–Kier alpha value is -0.540. The van der Waals surface area contributed by atoms with Crippen LogP contribution in [0.5, 0.6) is 5.75 Å². The fourth-order valence-electron chi connectivity index (χ4n) is 2.41. The van der Waals surface area contributed by atoms with Crippen LogP contribution in [0.1, 0.15) is 30.4 Å². The van der Waals surface area contributed by atoms with Gasteiger partial charge in [-0.1, -0.05) is 22.9 Å². The van der Waals surface area contributed by atoms with Crippen molar-refractivity contribution in [3.63, 3.8) is 0 Å². The van der Waals surface area contributed by atoms with Crippen molar-refractivity contribution in [1.82, 2.24) is 5.32 Å². The van der Waals surface area contributed by atoms with E-state index in [1.54, 1.807) is 7.11 Å². The Morgan fingerprint density at radius 3 is 2.88 bits per heavy atom. The largest absolute Gasteiger partial charge is 0.496 e. The Morgan fingerprint density at radius 1 is 1.50 bits per heavy atom. The molecule has 1 unspecified atom stereocenters. The van der Waals surface area contributed by atoms with E-state index in [4.69, 9.17) is 4.74 Å². The molecule has 1 N–H and O–H groups in total. The third kappa shape index (κ3) is 2.25. The van der Waals surface area contributed by atoms with Gasteiger partial charge < -0.3 is 10.1 Å². The van der Waals surface area contributed by atoms with Gasteiger partial charge in [0.25, 0.3) is 0 Å². The van der Waals surface area contributed by atoms with Crippen LogP contribution in [-0.4, -0.2) is 20.2 Å². The first-order chi connectivity index (χ1) is 7.76. The van der Waals surface area contributed by atoms with Gasteiger partial charge in [-0.15, -0.1) is 0 Å². The maximum atomic E-state index is 5.59. The topological polar surface area (TPSA) is 21.3 Å². The second-order valence-corrected chi connectivity index (χ2v) is 5.15. The number of methoxy groups -OCH3 is 1. The molecule has 16 heavy (non-hydrogen) atoms. The average molecular weight is 284 g/mol. The van der Waals surface area contributed by atoms with E-state index >= 15 is 0 Å². The van der Waals surface area contributed by atoms with E-state index in [-0.39, 0.29) is 0 Å². The number of halogens is 1. The van der Waals surface area contributed by atoms with Gasteiger partial charge in [-0.25, -0.2) is 0 Å². The third-order valence-corrected chi connectivity index (χ3v) is 3.70.